The average Bonchev–Trinajstić information content (AvgIpc) is 2.51. The van der Waals surface area contributed by atoms with Crippen molar-refractivity contribution in [2.75, 3.05) is 32.8 Å². The lowest BCUT2D eigenvalue weighted by molar-refractivity contribution is 0.0608. The van der Waals surface area contributed by atoms with E-state index in [0.29, 0.717) is 11.6 Å². The first kappa shape index (κ1) is 15.0. The van der Waals surface area contributed by atoms with Gasteiger partial charge >= 0.3 is 0 Å². The summed E-state index contributed by atoms with van der Waals surface area (Å²) in [5, 5.41) is 18.1. The Morgan fingerprint density at radius 3 is 2.35 bits per heavy atom. The van der Waals surface area contributed by atoms with Gasteiger partial charge in [-0.2, -0.15) is 5.26 Å². The number of rotatable bonds is 5. The number of hydrogen-bond acceptors (Lipinski definition) is 4. The van der Waals surface area contributed by atoms with Gasteiger partial charge in [0.25, 0.3) is 0 Å². The van der Waals surface area contributed by atoms with Crippen LogP contribution in [-0.2, 0) is 6.54 Å². The van der Waals surface area contributed by atoms with E-state index in [-0.39, 0.29) is 6.61 Å². The molecule has 0 bridgehead atoms. The van der Waals surface area contributed by atoms with Crippen molar-refractivity contribution in [2.45, 2.75) is 25.9 Å². The third-order valence-corrected chi connectivity index (χ3v) is 4.09. The second-order valence-electron chi connectivity index (χ2n) is 5.37. The van der Waals surface area contributed by atoms with Crippen LogP contribution in [0.4, 0.5) is 0 Å². The zero-order chi connectivity index (χ0) is 14.4. The Morgan fingerprint density at radius 2 is 1.85 bits per heavy atom. The van der Waals surface area contributed by atoms with Crippen LogP contribution in [0, 0.1) is 11.3 Å². The first-order valence-electron chi connectivity index (χ1n) is 7.33. The molecule has 0 spiro atoms. The molecule has 4 heteroatoms. The van der Waals surface area contributed by atoms with E-state index in [1.807, 2.05) is 24.3 Å². The molecule has 0 amide bonds. The van der Waals surface area contributed by atoms with Gasteiger partial charge in [-0.25, -0.2) is 0 Å². The molecule has 4 nitrogen and oxygen atoms in total. The van der Waals surface area contributed by atoms with Crippen molar-refractivity contribution in [1.82, 2.24) is 9.80 Å². The molecular formula is C16H23N3O. The van der Waals surface area contributed by atoms with Crippen LogP contribution in [0.1, 0.15) is 24.5 Å². The summed E-state index contributed by atoms with van der Waals surface area (Å²) in [7, 11) is 0. The lowest BCUT2D eigenvalue weighted by Crippen LogP contribution is -2.50. The molecule has 1 N–H and O–H groups in total. The summed E-state index contributed by atoms with van der Waals surface area (Å²) in [4.78, 5) is 4.82. The molecule has 1 aliphatic rings. The van der Waals surface area contributed by atoms with Gasteiger partial charge in [0.1, 0.15) is 0 Å². The summed E-state index contributed by atoms with van der Waals surface area (Å²) in [6.07, 6.45) is 1.01. The Labute approximate surface area is 121 Å². The highest BCUT2D eigenvalue weighted by Crippen LogP contribution is 2.12. The normalized spacial score (nSPS) is 18.6. The maximum absolute atomic E-state index is 9.35. The van der Waals surface area contributed by atoms with Gasteiger partial charge in [0, 0.05) is 38.8 Å². The minimum absolute atomic E-state index is 0.256. The molecule has 20 heavy (non-hydrogen) atoms. The van der Waals surface area contributed by atoms with Gasteiger partial charge in [-0.15, -0.1) is 0 Å². The number of aliphatic hydroxyl groups is 1. The van der Waals surface area contributed by atoms with Crippen molar-refractivity contribution in [3.63, 3.8) is 0 Å². The number of hydrogen-bond donors (Lipinski definition) is 1. The van der Waals surface area contributed by atoms with Crippen LogP contribution in [0.5, 0.6) is 0 Å². The molecule has 1 heterocycles. The molecule has 0 radical (unpaired) electrons. The number of piperazine rings is 1. The third-order valence-electron chi connectivity index (χ3n) is 4.09. The highest BCUT2D eigenvalue weighted by Gasteiger charge is 2.22. The van der Waals surface area contributed by atoms with Gasteiger partial charge in [0.2, 0.25) is 0 Å². The zero-order valence-corrected chi connectivity index (χ0v) is 12.1. The van der Waals surface area contributed by atoms with Crippen molar-refractivity contribution in [1.29, 1.82) is 5.26 Å². The highest BCUT2D eigenvalue weighted by atomic mass is 16.3. The largest absolute Gasteiger partial charge is 0.395 e. The van der Waals surface area contributed by atoms with Gasteiger partial charge in [0.15, 0.2) is 0 Å². The van der Waals surface area contributed by atoms with E-state index >= 15 is 0 Å². The SMILES string of the molecule is CC[C@H](CO)N1CCN(Cc2ccc(C#N)cc2)CC1. The van der Waals surface area contributed by atoms with Crippen molar-refractivity contribution in [2.24, 2.45) is 0 Å². The molecule has 1 saturated heterocycles. The molecule has 1 aromatic carbocycles. The van der Waals surface area contributed by atoms with E-state index < -0.39 is 0 Å². The molecule has 0 unspecified atom stereocenters. The first-order chi connectivity index (χ1) is 9.76. The van der Waals surface area contributed by atoms with Crippen LogP contribution in [0.25, 0.3) is 0 Å². The fraction of sp³-hybridized carbons (Fsp3) is 0.562. The Morgan fingerprint density at radius 1 is 1.20 bits per heavy atom. The van der Waals surface area contributed by atoms with Gasteiger partial charge in [-0.3, -0.25) is 9.80 Å². The van der Waals surface area contributed by atoms with E-state index in [9.17, 15) is 5.11 Å². The standard InChI is InChI=1S/C16H23N3O/c1-2-16(13-20)19-9-7-18(8-10-19)12-15-5-3-14(11-17)4-6-15/h3-6,16,20H,2,7-10,12-13H2,1H3/t16-/m1/s1. The lowest BCUT2D eigenvalue weighted by atomic mass is 10.1. The van der Waals surface area contributed by atoms with Gasteiger partial charge in [-0.1, -0.05) is 19.1 Å². The second kappa shape index (κ2) is 7.39. The molecule has 0 saturated carbocycles. The molecule has 108 valence electrons. The Kier molecular flexibility index (Phi) is 5.54. The van der Waals surface area contributed by atoms with Crippen LogP contribution >= 0.6 is 0 Å². The predicted molar refractivity (Wildman–Crippen MR) is 79.2 cm³/mol. The van der Waals surface area contributed by atoms with Crippen LogP contribution in [0.3, 0.4) is 0 Å². The van der Waals surface area contributed by atoms with E-state index in [0.717, 1.165) is 39.1 Å². The summed E-state index contributed by atoms with van der Waals surface area (Å²) < 4.78 is 0. The Hall–Kier alpha value is -1.41. The minimum atomic E-state index is 0.256. The summed E-state index contributed by atoms with van der Waals surface area (Å²) in [5.41, 5.74) is 1.97. The monoisotopic (exact) mass is 273 g/mol. The number of nitrogens with zero attached hydrogens (tertiary/aromatic N) is 3. The number of benzene rings is 1. The molecule has 2 rings (SSSR count). The maximum Gasteiger partial charge on any atom is 0.0991 e. The topological polar surface area (TPSA) is 50.5 Å². The molecule has 0 aromatic heterocycles. The summed E-state index contributed by atoms with van der Waals surface area (Å²) >= 11 is 0. The second-order valence-corrected chi connectivity index (χ2v) is 5.37. The molecule has 0 aliphatic carbocycles. The van der Waals surface area contributed by atoms with Crippen LogP contribution in [0.2, 0.25) is 0 Å². The molecule has 1 aromatic rings. The van der Waals surface area contributed by atoms with Crippen LogP contribution in [0.15, 0.2) is 24.3 Å². The smallest absolute Gasteiger partial charge is 0.0991 e. The Bertz CT molecular complexity index is 440. The molecule has 1 aliphatic heterocycles. The zero-order valence-electron chi connectivity index (χ0n) is 12.1. The quantitative estimate of drug-likeness (QED) is 0.882. The minimum Gasteiger partial charge on any atom is -0.395 e. The van der Waals surface area contributed by atoms with Gasteiger partial charge in [-0.05, 0) is 24.1 Å². The Balaban J connectivity index is 1.83. The maximum atomic E-state index is 9.35. The van der Waals surface area contributed by atoms with E-state index in [1.54, 1.807) is 0 Å². The highest BCUT2D eigenvalue weighted by molar-refractivity contribution is 5.31. The average molecular weight is 273 g/mol. The van der Waals surface area contributed by atoms with E-state index in [2.05, 4.69) is 22.8 Å². The summed E-state index contributed by atoms with van der Waals surface area (Å²) in [6, 6.07) is 10.3. The van der Waals surface area contributed by atoms with Crippen molar-refractivity contribution in [3.8, 4) is 6.07 Å². The molecule has 1 atom stereocenters. The summed E-state index contributed by atoms with van der Waals surface area (Å²) in [6.45, 7) is 7.45. The van der Waals surface area contributed by atoms with E-state index in [4.69, 9.17) is 5.26 Å². The van der Waals surface area contributed by atoms with Gasteiger partial charge < -0.3 is 5.11 Å². The summed E-state index contributed by atoms with van der Waals surface area (Å²) in [5.74, 6) is 0. The van der Waals surface area contributed by atoms with E-state index in [1.165, 1.54) is 5.56 Å². The molecular weight excluding hydrogens is 250 g/mol. The lowest BCUT2D eigenvalue weighted by Gasteiger charge is -2.38. The van der Waals surface area contributed by atoms with Crippen molar-refractivity contribution >= 4 is 0 Å². The van der Waals surface area contributed by atoms with Crippen LogP contribution in [-0.4, -0.2) is 53.7 Å². The number of nitriles is 1. The van der Waals surface area contributed by atoms with Gasteiger partial charge in [0.05, 0.1) is 18.2 Å². The van der Waals surface area contributed by atoms with Crippen LogP contribution < -0.4 is 0 Å². The third kappa shape index (κ3) is 3.80. The fourth-order valence-electron chi connectivity index (χ4n) is 2.73. The first-order valence-corrected chi connectivity index (χ1v) is 7.33. The molecule has 1 fully saturated rings. The predicted octanol–water partition coefficient (Wildman–Crippen LogP) is 1.45. The van der Waals surface area contributed by atoms with Crippen molar-refractivity contribution in [3.05, 3.63) is 35.4 Å². The fourth-order valence-corrected chi connectivity index (χ4v) is 2.73. The van der Waals surface area contributed by atoms with Crippen molar-refractivity contribution < 1.29 is 5.11 Å². The number of aliphatic hydroxyl groups excluding tert-OH is 1.